The highest BCUT2D eigenvalue weighted by atomic mass is 16.6. The van der Waals surface area contributed by atoms with Gasteiger partial charge in [-0.2, -0.15) is 10.1 Å². The van der Waals surface area contributed by atoms with Gasteiger partial charge in [-0.3, -0.25) is 4.68 Å². The average molecular weight is 498 g/mol. The van der Waals surface area contributed by atoms with Crippen molar-refractivity contribution in [1.82, 2.24) is 34.2 Å². The molecular weight excluding hydrogens is 470 g/mol. The highest BCUT2D eigenvalue weighted by molar-refractivity contribution is 5.85. The zero-order valence-corrected chi connectivity index (χ0v) is 21.0. The quantitative estimate of drug-likeness (QED) is 0.356. The molecule has 188 valence electrons. The number of ether oxygens (including phenoxy) is 2. The number of hydrogen-bond acceptors (Lipinski definition) is 7. The first kappa shape index (κ1) is 23.0. The summed E-state index contributed by atoms with van der Waals surface area (Å²) in [6.45, 7) is 5.80. The van der Waals surface area contributed by atoms with Crippen molar-refractivity contribution in [2.24, 2.45) is 7.05 Å². The molecule has 1 aliphatic heterocycles. The number of carbonyl (C=O) groups is 1. The zero-order chi connectivity index (χ0) is 25.5. The molecule has 0 radical (unpaired) electrons. The van der Waals surface area contributed by atoms with Gasteiger partial charge in [0.1, 0.15) is 24.0 Å². The van der Waals surface area contributed by atoms with Crippen LogP contribution in [0.25, 0.3) is 33.3 Å². The molecule has 6 rings (SSSR count). The average Bonchev–Trinajstić information content (AvgIpc) is 3.62. The van der Waals surface area contributed by atoms with Gasteiger partial charge < -0.3 is 18.9 Å². The second-order valence-electron chi connectivity index (χ2n) is 9.16. The molecule has 4 heterocycles. The predicted octanol–water partition coefficient (Wildman–Crippen LogP) is 4.36. The van der Waals surface area contributed by atoms with Gasteiger partial charge in [-0.25, -0.2) is 14.8 Å². The first-order valence-electron chi connectivity index (χ1n) is 12.3. The molecule has 37 heavy (non-hydrogen) atoms. The van der Waals surface area contributed by atoms with Crippen molar-refractivity contribution in [3.63, 3.8) is 0 Å². The summed E-state index contributed by atoms with van der Waals surface area (Å²) in [5, 5.41) is 6.56. The lowest BCUT2D eigenvalue weighted by Gasteiger charge is -2.17. The molecular formula is C27H27N7O3. The van der Waals surface area contributed by atoms with Crippen molar-refractivity contribution < 1.29 is 14.3 Å². The minimum Gasteiger partial charge on any atom is -0.471 e. The molecule has 0 spiro atoms. The largest absolute Gasteiger partial charge is 0.471 e. The van der Waals surface area contributed by atoms with E-state index in [1.54, 1.807) is 4.90 Å². The van der Waals surface area contributed by atoms with Gasteiger partial charge >= 0.3 is 6.09 Å². The van der Waals surface area contributed by atoms with Crippen LogP contribution in [-0.2, 0) is 13.6 Å². The Morgan fingerprint density at radius 3 is 2.78 bits per heavy atom. The van der Waals surface area contributed by atoms with E-state index in [0.717, 1.165) is 34.4 Å². The molecule has 1 fully saturated rings. The first-order valence-corrected chi connectivity index (χ1v) is 12.3. The number of fused-ring (bicyclic) bond motifs is 2. The lowest BCUT2D eigenvalue weighted by Crippen LogP contribution is -2.33. The summed E-state index contributed by atoms with van der Waals surface area (Å²) in [5.74, 6) is 1.68. The van der Waals surface area contributed by atoms with Crippen LogP contribution >= 0.6 is 0 Å². The van der Waals surface area contributed by atoms with Gasteiger partial charge in [0.15, 0.2) is 11.2 Å². The molecule has 1 atom stereocenters. The normalized spacial score (nSPS) is 15.5. The van der Waals surface area contributed by atoms with Crippen LogP contribution in [0.1, 0.15) is 19.0 Å². The highest BCUT2D eigenvalue weighted by Crippen LogP contribution is 2.30. The number of aryl methyl sites for hydroxylation is 2. The molecule has 1 amide bonds. The lowest BCUT2D eigenvalue weighted by atomic mass is 10.1. The Labute approximate surface area is 213 Å². The van der Waals surface area contributed by atoms with Crippen LogP contribution in [0.3, 0.4) is 0 Å². The van der Waals surface area contributed by atoms with Gasteiger partial charge in [-0.1, -0.05) is 30.3 Å². The fourth-order valence-corrected chi connectivity index (χ4v) is 4.83. The van der Waals surface area contributed by atoms with Crippen LogP contribution in [0.4, 0.5) is 4.79 Å². The van der Waals surface area contributed by atoms with Crippen LogP contribution in [0, 0.1) is 6.92 Å². The van der Waals surface area contributed by atoms with Crippen LogP contribution in [0.5, 0.6) is 11.6 Å². The Kier molecular flexibility index (Phi) is 5.71. The lowest BCUT2D eigenvalue weighted by molar-refractivity contribution is 0.151. The van der Waals surface area contributed by atoms with Crippen LogP contribution in [0.2, 0.25) is 0 Å². The van der Waals surface area contributed by atoms with Crippen LogP contribution < -0.4 is 9.47 Å². The smallest absolute Gasteiger partial charge is 0.415 e. The molecule has 0 N–H and O–H groups in total. The Bertz CT molecular complexity index is 1620. The van der Waals surface area contributed by atoms with Crippen LogP contribution in [-0.4, -0.2) is 59.5 Å². The molecule has 1 unspecified atom stereocenters. The van der Waals surface area contributed by atoms with E-state index in [9.17, 15) is 4.79 Å². The summed E-state index contributed by atoms with van der Waals surface area (Å²) in [5.41, 5.74) is 3.24. The number of likely N-dealkylation sites (tertiary alicyclic amines) is 1. The molecule has 10 heteroatoms. The summed E-state index contributed by atoms with van der Waals surface area (Å²) >= 11 is 0. The summed E-state index contributed by atoms with van der Waals surface area (Å²) in [6.07, 6.45) is 3.35. The third-order valence-corrected chi connectivity index (χ3v) is 6.87. The monoisotopic (exact) mass is 497 g/mol. The van der Waals surface area contributed by atoms with Gasteiger partial charge in [-0.15, -0.1) is 0 Å². The molecule has 10 nitrogen and oxygen atoms in total. The van der Waals surface area contributed by atoms with Gasteiger partial charge in [0, 0.05) is 32.3 Å². The maximum absolute atomic E-state index is 12.8. The van der Waals surface area contributed by atoms with E-state index >= 15 is 0 Å². The van der Waals surface area contributed by atoms with Crippen LogP contribution in [0.15, 0.2) is 55.0 Å². The highest BCUT2D eigenvalue weighted by Gasteiger charge is 2.30. The summed E-state index contributed by atoms with van der Waals surface area (Å²) < 4.78 is 15.7. The predicted molar refractivity (Wildman–Crippen MR) is 139 cm³/mol. The molecule has 5 aromatic rings. The fourth-order valence-electron chi connectivity index (χ4n) is 4.83. The molecule has 2 aromatic carbocycles. The second kappa shape index (κ2) is 9.20. The Morgan fingerprint density at radius 2 is 1.97 bits per heavy atom. The number of rotatable bonds is 5. The first-order chi connectivity index (χ1) is 18.0. The number of imidazole rings is 1. The van der Waals surface area contributed by atoms with E-state index in [-0.39, 0.29) is 6.10 Å². The number of benzene rings is 2. The van der Waals surface area contributed by atoms with E-state index in [0.29, 0.717) is 42.3 Å². The second-order valence-corrected chi connectivity index (χ2v) is 9.16. The third-order valence-electron chi connectivity index (χ3n) is 6.87. The maximum Gasteiger partial charge on any atom is 0.415 e. The van der Waals surface area contributed by atoms with Gasteiger partial charge in [0.2, 0.25) is 5.88 Å². The molecule has 3 aromatic heterocycles. The van der Waals surface area contributed by atoms with Crippen molar-refractivity contribution in [1.29, 1.82) is 0 Å². The van der Waals surface area contributed by atoms with Crippen molar-refractivity contribution in [3.8, 4) is 23.0 Å². The van der Waals surface area contributed by atoms with Crippen molar-refractivity contribution in [2.45, 2.75) is 32.9 Å². The zero-order valence-electron chi connectivity index (χ0n) is 21.0. The van der Waals surface area contributed by atoms with E-state index in [1.807, 2.05) is 71.9 Å². The minimum absolute atomic E-state index is 0.225. The van der Waals surface area contributed by atoms with E-state index in [2.05, 4.69) is 22.0 Å². The topological polar surface area (TPSA) is 100 Å². The summed E-state index contributed by atoms with van der Waals surface area (Å²) in [7, 11) is 1.92. The number of hydrogen-bond donors (Lipinski definition) is 0. The van der Waals surface area contributed by atoms with Gasteiger partial charge in [-0.05, 0) is 36.8 Å². The summed E-state index contributed by atoms with van der Waals surface area (Å²) in [6, 6.07) is 13.6. The van der Waals surface area contributed by atoms with Crippen molar-refractivity contribution >= 4 is 28.0 Å². The molecule has 1 aliphatic rings. The summed E-state index contributed by atoms with van der Waals surface area (Å²) in [4.78, 5) is 28.1. The Balaban J connectivity index is 1.18. The Morgan fingerprint density at radius 1 is 1.14 bits per heavy atom. The fraction of sp³-hybridized carbons (Fsp3) is 0.296. The molecule has 0 aliphatic carbocycles. The molecule has 1 saturated heterocycles. The molecule has 0 saturated carbocycles. The number of aromatic nitrogens is 6. The SMILES string of the molecule is CCn1ncc(-c2nc3c(OC4CCN(C(=O)Oc5ccc6ccccc6c5)C4)ncnc3n2C)c1C. The van der Waals surface area contributed by atoms with E-state index < -0.39 is 6.09 Å². The third kappa shape index (κ3) is 4.14. The number of amides is 1. The van der Waals surface area contributed by atoms with E-state index in [4.69, 9.17) is 14.5 Å². The number of nitrogens with zero attached hydrogens (tertiary/aromatic N) is 7. The molecule has 0 bridgehead atoms. The maximum atomic E-state index is 12.8. The van der Waals surface area contributed by atoms with Gasteiger partial charge in [0.25, 0.3) is 0 Å². The standard InChI is InChI=1S/C27H27N7O3/c1-4-34-17(2)22(14-30-34)24-31-23-25(32(24)3)28-16-29-26(23)36-21-11-12-33(15-21)27(35)37-20-10-9-18-7-5-6-8-19(18)13-20/h5-10,13-14,16,21H,4,11-12,15H2,1-3H3. The van der Waals surface area contributed by atoms with E-state index in [1.165, 1.54) is 6.33 Å². The van der Waals surface area contributed by atoms with Gasteiger partial charge in [0.05, 0.1) is 18.3 Å². The number of carbonyl (C=O) groups excluding carboxylic acids is 1. The minimum atomic E-state index is -0.391. The van der Waals surface area contributed by atoms with Crippen molar-refractivity contribution in [3.05, 3.63) is 60.7 Å². The van der Waals surface area contributed by atoms with Crippen molar-refractivity contribution in [2.75, 3.05) is 13.1 Å². The Hall–Kier alpha value is -4.47.